The number of aliphatic hydroxyl groups is 3. The molecule has 0 bridgehead atoms. The maximum absolute atomic E-state index is 12.9. The Morgan fingerprint density at radius 3 is 1.65 bits per heavy atom. The van der Waals surface area contributed by atoms with Crippen molar-refractivity contribution in [1.82, 2.24) is 0 Å². The van der Waals surface area contributed by atoms with Gasteiger partial charge in [0.15, 0.2) is 6.10 Å². The van der Waals surface area contributed by atoms with Gasteiger partial charge in [-0.1, -0.05) is 180 Å². The number of nitrogens with zero attached hydrogens (tertiary/aromatic N) is 1. The molecule has 4 N–H and O–H groups in total. The van der Waals surface area contributed by atoms with Crippen LogP contribution in [0.25, 0.3) is 0 Å². The number of hydrogen-bond acceptors (Lipinski definition) is 10. The number of rotatable bonds is 43. The number of phosphoric ester groups is 1. The standard InChI is InChI=1S/C50H96NO11P/c1-6-8-10-11-12-13-14-15-16-17-18-19-20-21-22-23-24-25-30-34-49(55)59-41-44(42-61-63(57,58)60-39-38-51(3,4)5)62-50(56)35-31-27-26-29-33-45-46(48(54)40-47(45)53)37-36-43(52)32-28-9-7-2/h36-37,43-48,52-54H,6-35,38-42H2,1-5H3/p+1/b37-36+/t43-,44+,45+,46+,47-,48+/m0/s1. The second kappa shape index (κ2) is 37.7. The quantitative estimate of drug-likeness (QED) is 0.0151. The van der Waals surface area contributed by atoms with Crippen molar-refractivity contribution < 1.29 is 57.4 Å². The second-order valence-corrected chi connectivity index (χ2v) is 21.0. The Kier molecular flexibility index (Phi) is 35.7. The molecule has 1 unspecified atom stereocenters. The number of carbonyl (C=O) groups is 2. The molecule has 0 radical (unpaired) electrons. The maximum atomic E-state index is 12.9. The average molecular weight is 919 g/mol. The molecule has 1 aliphatic rings. The zero-order chi connectivity index (χ0) is 46.6. The first-order valence-corrected chi connectivity index (χ1v) is 27.2. The summed E-state index contributed by atoms with van der Waals surface area (Å²) in [5.74, 6) is -1.21. The Bertz CT molecular complexity index is 1200. The second-order valence-electron chi connectivity index (χ2n) is 19.5. The van der Waals surface area contributed by atoms with E-state index in [0.717, 1.165) is 64.2 Å². The van der Waals surface area contributed by atoms with Crippen LogP contribution in [-0.4, -0.2) is 109 Å². The molecule has 0 aliphatic heterocycles. The lowest BCUT2D eigenvalue weighted by Crippen LogP contribution is -2.37. The Labute approximate surface area is 384 Å². The molecule has 0 saturated heterocycles. The molecule has 1 aliphatic carbocycles. The van der Waals surface area contributed by atoms with Gasteiger partial charge in [-0.25, -0.2) is 4.57 Å². The Morgan fingerprint density at radius 1 is 0.651 bits per heavy atom. The molecule has 0 aromatic rings. The zero-order valence-corrected chi connectivity index (χ0v) is 41.8. The summed E-state index contributed by atoms with van der Waals surface area (Å²) in [5.41, 5.74) is 0. The van der Waals surface area contributed by atoms with Crippen LogP contribution in [0.15, 0.2) is 12.2 Å². The van der Waals surface area contributed by atoms with Gasteiger partial charge in [0.2, 0.25) is 0 Å². The van der Waals surface area contributed by atoms with E-state index in [9.17, 15) is 34.4 Å². The molecular weight excluding hydrogens is 822 g/mol. The van der Waals surface area contributed by atoms with Gasteiger partial charge in [-0.05, 0) is 31.6 Å². The molecule has 63 heavy (non-hydrogen) atoms. The highest BCUT2D eigenvalue weighted by molar-refractivity contribution is 7.47. The summed E-state index contributed by atoms with van der Waals surface area (Å²) in [6.07, 6.45) is 33.2. The van der Waals surface area contributed by atoms with E-state index in [2.05, 4.69) is 13.8 Å². The van der Waals surface area contributed by atoms with E-state index in [1.807, 2.05) is 27.2 Å². The summed E-state index contributed by atoms with van der Waals surface area (Å²) < 4.78 is 34.4. The van der Waals surface area contributed by atoms with Crippen LogP contribution in [0.3, 0.4) is 0 Å². The van der Waals surface area contributed by atoms with Crippen LogP contribution in [0.2, 0.25) is 0 Å². The van der Waals surface area contributed by atoms with Crippen LogP contribution in [-0.2, 0) is 32.7 Å². The van der Waals surface area contributed by atoms with Crippen molar-refractivity contribution in [1.29, 1.82) is 0 Å². The minimum Gasteiger partial charge on any atom is -0.462 e. The van der Waals surface area contributed by atoms with E-state index in [-0.39, 0.29) is 37.9 Å². The molecule has 1 saturated carbocycles. The van der Waals surface area contributed by atoms with E-state index in [1.165, 1.54) is 96.3 Å². The highest BCUT2D eigenvalue weighted by atomic mass is 31.2. The van der Waals surface area contributed by atoms with E-state index >= 15 is 0 Å². The highest BCUT2D eigenvalue weighted by Gasteiger charge is 2.39. The lowest BCUT2D eigenvalue weighted by Gasteiger charge is -2.24. The minimum absolute atomic E-state index is 0.00391. The first-order valence-electron chi connectivity index (χ1n) is 25.7. The Balaban J connectivity index is 2.38. The maximum Gasteiger partial charge on any atom is 0.472 e. The fourth-order valence-corrected chi connectivity index (χ4v) is 9.09. The van der Waals surface area contributed by atoms with Crippen molar-refractivity contribution in [3.63, 3.8) is 0 Å². The van der Waals surface area contributed by atoms with Crippen LogP contribution in [0.5, 0.6) is 0 Å². The number of ether oxygens (including phenoxy) is 2. The van der Waals surface area contributed by atoms with Gasteiger partial charge >= 0.3 is 19.8 Å². The normalized spacial score (nSPS) is 20.0. The third-order valence-electron chi connectivity index (χ3n) is 12.4. The molecule has 0 aromatic heterocycles. The number of carbonyl (C=O) groups excluding carboxylic acids is 2. The summed E-state index contributed by atoms with van der Waals surface area (Å²) in [6, 6.07) is 0. The molecule has 1 fully saturated rings. The topological polar surface area (TPSA) is 169 Å². The van der Waals surface area contributed by atoms with Crippen LogP contribution in [0.4, 0.5) is 0 Å². The van der Waals surface area contributed by atoms with Crippen molar-refractivity contribution in [3.8, 4) is 0 Å². The number of aliphatic hydroxyl groups excluding tert-OH is 3. The predicted octanol–water partition coefficient (Wildman–Crippen LogP) is 11.3. The van der Waals surface area contributed by atoms with Gasteiger partial charge in [-0.3, -0.25) is 18.6 Å². The first kappa shape index (κ1) is 59.6. The number of quaternary nitrogens is 1. The largest absolute Gasteiger partial charge is 0.472 e. The summed E-state index contributed by atoms with van der Waals surface area (Å²) in [5, 5.41) is 31.5. The summed E-state index contributed by atoms with van der Waals surface area (Å²) in [4.78, 5) is 35.7. The Hall–Kier alpha value is -1.37. The summed E-state index contributed by atoms with van der Waals surface area (Å²) in [6.45, 7) is 4.12. The highest BCUT2D eigenvalue weighted by Crippen LogP contribution is 2.43. The number of hydrogen-bond donors (Lipinski definition) is 4. The van der Waals surface area contributed by atoms with Gasteiger partial charge in [0.25, 0.3) is 0 Å². The molecule has 0 amide bonds. The molecule has 372 valence electrons. The third kappa shape index (κ3) is 34.6. The predicted molar refractivity (Wildman–Crippen MR) is 254 cm³/mol. The summed E-state index contributed by atoms with van der Waals surface area (Å²) in [7, 11) is 1.36. The number of likely N-dealkylation sites (N-methyl/N-ethyl adjacent to an activating group) is 1. The van der Waals surface area contributed by atoms with Crippen LogP contribution < -0.4 is 0 Å². The van der Waals surface area contributed by atoms with E-state index in [1.54, 1.807) is 6.08 Å². The van der Waals surface area contributed by atoms with Crippen molar-refractivity contribution >= 4 is 19.8 Å². The number of phosphoric acid groups is 1. The molecule has 12 nitrogen and oxygen atoms in total. The fraction of sp³-hybridized carbons (Fsp3) is 0.920. The molecular formula is C50H97NO11P+. The summed E-state index contributed by atoms with van der Waals surface area (Å²) >= 11 is 0. The SMILES string of the molecule is CCCCCCCCCCCCCCCCCCCCCC(=O)OC[C@H](COP(=O)(O)OCC[N+](C)(C)C)OC(=O)CCCCCC[C@@H]1[C@@H](/C=C/[C@@H](O)CCCCC)[C@H](O)C[C@@H]1O. The van der Waals surface area contributed by atoms with Gasteiger partial charge in [-0.15, -0.1) is 0 Å². The molecule has 13 heteroatoms. The smallest absolute Gasteiger partial charge is 0.462 e. The Morgan fingerprint density at radius 2 is 1.13 bits per heavy atom. The average Bonchev–Trinajstić information content (AvgIpc) is 3.50. The van der Waals surface area contributed by atoms with Gasteiger partial charge < -0.3 is 34.2 Å². The van der Waals surface area contributed by atoms with Gasteiger partial charge in [0, 0.05) is 25.2 Å². The van der Waals surface area contributed by atoms with E-state index in [0.29, 0.717) is 36.7 Å². The molecule has 0 heterocycles. The minimum atomic E-state index is -4.44. The van der Waals surface area contributed by atoms with E-state index in [4.69, 9.17) is 18.5 Å². The van der Waals surface area contributed by atoms with Crippen LogP contribution in [0, 0.1) is 11.8 Å². The third-order valence-corrected chi connectivity index (χ3v) is 13.4. The van der Waals surface area contributed by atoms with Gasteiger partial charge in [-0.2, -0.15) is 0 Å². The number of unbranched alkanes of at least 4 members (excludes halogenated alkanes) is 23. The van der Waals surface area contributed by atoms with Gasteiger partial charge in [0.05, 0.1) is 46.1 Å². The fourth-order valence-electron chi connectivity index (χ4n) is 8.35. The van der Waals surface area contributed by atoms with Crippen molar-refractivity contribution in [2.24, 2.45) is 11.8 Å². The van der Waals surface area contributed by atoms with Gasteiger partial charge in [0.1, 0.15) is 19.8 Å². The van der Waals surface area contributed by atoms with Crippen molar-refractivity contribution in [2.75, 3.05) is 47.5 Å². The lowest BCUT2D eigenvalue weighted by atomic mass is 9.88. The molecule has 0 spiro atoms. The number of esters is 2. The zero-order valence-electron chi connectivity index (χ0n) is 40.9. The van der Waals surface area contributed by atoms with Crippen LogP contribution >= 0.6 is 7.82 Å². The molecule has 1 rings (SSSR count). The first-order chi connectivity index (χ1) is 30.2. The van der Waals surface area contributed by atoms with E-state index < -0.39 is 50.8 Å². The monoisotopic (exact) mass is 919 g/mol. The molecule has 7 atom stereocenters. The lowest BCUT2D eigenvalue weighted by molar-refractivity contribution is -0.870. The van der Waals surface area contributed by atoms with Crippen molar-refractivity contribution in [2.45, 2.75) is 237 Å². The van der Waals surface area contributed by atoms with Crippen molar-refractivity contribution in [3.05, 3.63) is 12.2 Å². The molecule has 0 aromatic carbocycles. The van der Waals surface area contributed by atoms with Crippen LogP contribution in [0.1, 0.15) is 213 Å².